The number of benzene rings is 1. The van der Waals surface area contributed by atoms with Crippen molar-refractivity contribution in [2.45, 2.75) is 18.7 Å². The van der Waals surface area contributed by atoms with Crippen molar-refractivity contribution in [1.29, 1.82) is 0 Å². The van der Waals surface area contributed by atoms with Crippen LogP contribution in [0.1, 0.15) is 11.1 Å². The van der Waals surface area contributed by atoms with Crippen molar-refractivity contribution < 1.29 is 0 Å². The van der Waals surface area contributed by atoms with Crippen LogP contribution >= 0.6 is 24.2 Å². The Labute approximate surface area is 107 Å². The molecule has 0 aliphatic carbocycles. The van der Waals surface area contributed by atoms with E-state index >= 15 is 0 Å². The first-order valence-corrected chi connectivity index (χ1v) is 6.22. The van der Waals surface area contributed by atoms with Crippen LogP contribution in [-0.4, -0.2) is 24.7 Å². The lowest BCUT2D eigenvalue weighted by Gasteiger charge is -2.08. The van der Waals surface area contributed by atoms with E-state index in [4.69, 9.17) is 0 Å². The monoisotopic (exact) mass is 256 g/mol. The molecule has 1 heterocycles. The molecule has 0 radical (unpaired) electrons. The van der Waals surface area contributed by atoms with Gasteiger partial charge in [-0.05, 0) is 31.0 Å². The van der Waals surface area contributed by atoms with Crippen molar-refractivity contribution in [3.63, 3.8) is 0 Å². The molecule has 1 aromatic rings. The van der Waals surface area contributed by atoms with Crippen LogP contribution in [0.5, 0.6) is 0 Å². The summed E-state index contributed by atoms with van der Waals surface area (Å²) >= 11 is 1.87. The fourth-order valence-corrected chi connectivity index (χ4v) is 2.61. The molecule has 0 saturated heterocycles. The molecule has 1 aliphatic rings. The van der Waals surface area contributed by atoms with Gasteiger partial charge in [0.05, 0.1) is 12.3 Å². The van der Waals surface area contributed by atoms with E-state index in [1.807, 2.05) is 11.8 Å². The molecule has 2 rings (SSSR count). The zero-order valence-corrected chi connectivity index (χ0v) is 11.3. The molecule has 0 atom stereocenters. The minimum atomic E-state index is 0. The Hall–Kier alpha value is -0.670. The molecule has 4 heteroatoms. The van der Waals surface area contributed by atoms with Gasteiger partial charge >= 0.3 is 0 Å². The summed E-state index contributed by atoms with van der Waals surface area (Å²) in [5, 5.41) is 3.29. The molecule has 0 spiro atoms. The number of hydrogen-bond donors (Lipinski definition) is 1. The van der Waals surface area contributed by atoms with Crippen LogP contribution in [0.4, 0.5) is 0 Å². The Morgan fingerprint density at radius 3 is 2.88 bits per heavy atom. The van der Waals surface area contributed by atoms with Crippen LogP contribution in [0.15, 0.2) is 28.1 Å². The first kappa shape index (κ1) is 13.4. The predicted octanol–water partition coefficient (Wildman–Crippen LogP) is 2.82. The van der Waals surface area contributed by atoms with Crippen LogP contribution in [0.2, 0.25) is 0 Å². The van der Waals surface area contributed by atoms with Gasteiger partial charge in [-0.25, -0.2) is 0 Å². The van der Waals surface area contributed by atoms with E-state index in [0.717, 1.165) is 24.7 Å². The van der Waals surface area contributed by atoms with Gasteiger partial charge in [-0.15, -0.1) is 24.2 Å². The number of aryl methyl sites for hydroxylation is 1. The Morgan fingerprint density at radius 2 is 2.19 bits per heavy atom. The second-order valence-corrected chi connectivity index (χ2v) is 4.76. The van der Waals surface area contributed by atoms with Crippen LogP contribution in [-0.2, 0) is 0 Å². The van der Waals surface area contributed by atoms with Gasteiger partial charge in [0.15, 0.2) is 0 Å². The summed E-state index contributed by atoms with van der Waals surface area (Å²) in [5.74, 6) is 2.10. The van der Waals surface area contributed by atoms with E-state index in [9.17, 15) is 0 Å². The molecule has 1 aliphatic heterocycles. The lowest BCUT2D eigenvalue weighted by molar-refractivity contribution is 0.959. The lowest BCUT2D eigenvalue weighted by Crippen LogP contribution is -2.20. The second-order valence-electron chi connectivity index (χ2n) is 3.74. The first-order chi connectivity index (χ1) is 7.27. The number of halogens is 1. The number of thioether (sulfide) groups is 1. The smallest absolute Gasteiger partial charge is 0.107 e. The van der Waals surface area contributed by atoms with Gasteiger partial charge in [-0.3, -0.25) is 4.99 Å². The average molecular weight is 257 g/mol. The van der Waals surface area contributed by atoms with Crippen molar-refractivity contribution in [1.82, 2.24) is 5.32 Å². The Bertz CT molecular complexity index is 391. The summed E-state index contributed by atoms with van der Waals surface area (Å²) in [7, 11) is 0. The highest BCUT2D eigenvalue weighted by atomic mass is 35.5. The molecule has 0 fully saturated rings. The van der Waals surface area contributed by atoms with Gasteiger partial charge in [0.2, 0.25) is 0 Å². The van der Waals surface area contributed by atoms with Gasteiger partial charge in [-0.2, -0.15) is 0 Å². The van der Waals surface area contributed by atoms with Crippen LogP contribution < -0.4 is 5.32 Å². The van der Waals surface area contributed by atoms with Crippen LogP contribution in [0, 0.1) is 13.8 Å². The predicted molar refractivity (Wildman–Crippen MR) is 74.2 cm³/mol. The van der Waals surface area contributed by atoms with Crippen LogP contribution in [0.25, 0.3) is 0 Å². The fourth-order valence-electron chi connectivity index (χ4n) is 1.57. The van der Waals surface area contributed by atoms with E-state index in [1.165, 1.54) is 16.0 Å². The number of aliphatic imine (C=N–C) groups is 1. The number of rotatable bonds is 3. The van der Waals surface area contributed by atoms with Gasteiger partial charge in [0, 0.05) is 11.4 Å². The van der Waals surface area contributed by atoms with E-state index in [2.05, 4.69) is 42.4 Å². The molecule has 16 heavy (non-hydrogen) atoms. The van der Waals surface area contributed by atoms with Crippen LogP contribution in [0.3, 0.4) is 0 Å². The van der Waals surface area contributed by atoms with Gasteiger partial charge in [0.1, 0.15) is 5.84 Å². The fraction of sp³-hybridized carbons (Fsp3) is 0.417. The molecule has 0 unspecified atom stereocenters. The molecule has 0 bridgehead atoms. The SMILES string of the molecule is Cc1cccc(SCC2=NCCN2)c1C.Cl. The third kappa shape index (κ3) is 3.16. The maximum absolute atomic E-state index is 4.39. The van der Waals surface area contributed by atoms with E-state index in [0.29, 0.717) is 0 Å². The van der Waals surface area contributed by atoms with Crippen molar-refractivity contribution in [2.75, 3.05) is 18.8 Å². The lowest BCUT2D eigenvalue weighted by atomic mass is 10.1. The Kier molecular flexibility index (Phi) is 5.16. The minimum absolute atomic E-state index is 0. The summed E-state index contributed by atoms with van der Waals surface area (Å²) < 4.78 is 0. The third-order valence-electron chi connectivity index (χ3n) is 2.66. The standard InChI is InChI=1S/C12H16N2S.ClH/c1-9-4-3-5-11(10(9)2)15-8-12-13-6-7-14-12;/h3-5H,6-8H2,1-2H3,(H,13,14);1H. The molecule has 1 N–H and O–H groups in total. The number of nitrogens with one attached hydrogen (secondary N) is 1. The molecule has 2 nitrogen and oxygen atoms in total. The van der Waals surface area contributed by atoms with Crippen molar-refractivity contribution >= 4 is 30.0 Å². The van der Waals surface area contributed by atoms with E-state index < -0.39 is 0 Å². The summed E-state index contributed by atoms with van der Waals surface area (Å²) in [5.41, 5.74) is 2.75. The molecule has 88 valence electrons. The zero-order valence-electron chi connectivity index (χ0n) is 9.62. The van der Waals surface area contributed by atoms with Gasteiger partial charge in [0.25, 0.3) is 0 Å². The van der Waals surface area contributed by atoms with Crippen molar-refractivity contribution in [3.8, 4) is 0 Å². The molecule has 0 aromatic heterocycles. The molecule has 0 amide bonds. The highest BCUT2D eigenvalue weighted by molar-refractivity contribution is 8.00. The zero-order chi connectivity index (χ0) is 10.7. The van der Waals surface area contributed by atoms with Gasteiger partial charge < -0.3 is 5.32 Å². The highest BCUT2D eigenvalue weighted by Crippen LogP contribution is 2.24. The summed E-state index contributed by atoms with van der Waals surface area (Å²) in [6, 6.07) is 6.46. The highest BCUT2D eigenvalue weighted by Gasteiger charge is 2.07. The maximum atomic E-state index is 4.39. The molecule has 0 saturated carbocycles. The van der Waals surface area contributed by atoms with Gasteiger partial charge in [-0.1, -0.05) is 12.1 Å². The Balaban J connectivity index is 0.00000128. The summed E-state index contributed by atoms with van der Waals surface area (Å²) in [6.45, 7) is 6.28. The summed E-state index contributed by atoms with van der Waals surface area (Å²) in [4.78, 5) is 5.75. The molecular formula is C12H17ClN2S. The first-order valence-electron chi connectivity index (χ1n) is 5.23. The average Bonchev–Trinajstić information content (AvgIpc) is 2.73. The molecule has 1 aromatic carbocycles. The maximum Gasteiger partial charge on any atom is 0.107 e. The number of amidine groups is 1. The topological polar surface area (TPSA) is 24.4 Å². The third-order valence-corrected chi connectivity index (χ3v) is 3.83. The Morgan fingerprint density at radius 1 is 1.38 bits per heavy atom. The molecular weight excluding hydrogens is 240 g/mol. The van der Waals surface area contributed by atoms with Crippen molar-refractivity contribution in [3.05, 3.63) is 29.3 Å². The quantitative estimate of drug-likeness (QED) is 0.841. The number of nitrogens with zero attached hydrogens (tertiary/aromatic N) is 1. The normalized spacial score (nSPS) is 14.0. The van der Waals surface area contributed by atoms with E-state index in [1.54, 1.807) is 0 Å². The van der Waals surface area contributed by atoms with Crippen molar-refractivity contribution in [2.24, 2.45) is 4.99 Å². The van der Waals surface area contributed by atoms with E-state index in [-0.39, 0.29) is 12.4 Å². The minimum Gasteiger partial charge on any atom is -0.371 e. The largest absolute Gasteiger partial charge is 0.371 e. The second kappa shape index (κ2) is 6.16. The summed E-state index contributed by atoms with van der Waals surface area (Å²) in [6.07, 6.45) is 0. The number of hydrogen-bond acceptors (Lipinski definition) is 3.